The van der Waals surface area contributed by atoms with Gasteiger partial charge in [0.1, 0.15) is 0 Å². The molecule has 0 atom stereocenters. The van der Waals surface area contributed by atoms with Crippen molar-refractivity contribution in [2.24, 2.45) is 0 Å². The SMILES string of the molecule is C=CC(=O)OC(C[Si](C)(C)C)([Si](C)(C)C)[Si](C)(C)C. The molecule has 0 aliphatic carbocycles. The average Bonchev–Trinajstić information content (AvgIpc) is 2.10. The second kappa shape index (κ2) is 5.69. The van der Waals surface area contributed by atoms with E-state index in [1.807, 2.05) is 0 Å². The minimum Gasteiger partial charge on any atom is -0.464 e. The fourth-order valence-corrected chi connectivity index (χ4v) is 21.8. The van der Waals surface area contributed by atoms with Crippen molar-refractivity contribution in [2.75, 3.05) is 0 Å². The topological polar surface area (TPSA) is 26.3 Å². The van der Waals surface area contributed by atoms with Crippen LogP contribution in [0.25, 0.3) is 0 Å². The fourth-order valence-electron chi connectivity index (χ4n) is 2.96. The van der Waals surface area contributed by atoms with Gasteiger partial charge < -0.3 is 4.74 Å². The molecule has 0 aliphatic rings. The molecule has 0 N–H and O–H groups in total. The minimum atomic E-state index is -1.66. The lowest BCUT2D eigenvalue weighted by molar-refractivity contribution is -0.141. The summed E-state index contributed by atoms with van der Waals surface area (Å²) < 4.78 is 6.09. The van der Waals surface area contributed by atoms with Gasteiger partial charge in [-0.3, -0.25) is 0 Å². The molecular formula is C14H32O2Si3. The van der Waals surface area contributed by atoms with E-state index in [2.05, 4.69) is 65.5 Å². The van der Waals surface area contributed by atoms with Crippen LogP contribution < -0.4 is 0 Å². The molecule has 0 aromatic carbocycles. The van der Waals surface area contributed by atoms with E-state index in [0.29, 0.717) is 0 Å². The van der Waals surface area contributed by atoms with Crippen molar-refractivity contribution in [3.05, 3.63) is 12.7 Å². The van der Waals surface area contributed by atoms with Crippen molar-refractivity contribution in [3.8, 4) is 0 Å². The third-order valence-corrected chi connectivity index (χ3v) is 15.8. The summed E-state index contributed by atoms with van der Waals surface area (Å²) in [6.07, 6.45) is 1.32. The predicted molar refractivity (Wildman–Crippen MR) is 93.9 cm³/mol. The lowest BCUT2D eigenvalue weighted by atomic mass is 10.6. The standard InChI is InChI=1S/C14H32O2Si3/c1-11-13(15)16-14(18(5,6)7,19(8,9)10)12-17(2,3)4/h11H,1,12H2,2-10H3. The van der Waals surface area contributed by atoms with Gasteiger partial charge in [-0.15, -0.1) is 0 Å². The molecule has 0 saturated carbocycles. The maximum atomic E-state index is 11.9. The van der Waals surface area contributed by atoms with Gasteiger partial charge in [0.15, 0.2) is 0 Å². The van der Waals surface area contributed by atoms with Crippen molar-refractivity contribution < 1.29 is 9.53 Å². The Morgan fingerprint density at radius 1 is 1.00 bits per heavy atom. The molecule has 0 amide bonds. The summed E-state index contributed by atoms with van der Waals surface area (Å²) in [5.74, 6) is -0.247. The first-order valence-electron chi connectivity index (χ1n) is 7.02. The Balaban J connectivity index is 5.89. The van der Waals surface area contributed by atoms with Gasteiger partial charge in [-0.1, -0.05) is 65.5 Å². The van der Waals surface area contributed by atoms with Crippen LogP contribution in [0.1, 0.15) is 0 Å². The summed E-state index contributed by atoms with van der Waals surface area (Å²) in [4.78, 5) is 11.7. The Bertz CT molecular complexity index is 329. The number of ether oxygens (including phenoxy) is 1. The van der Waals surface area contributed by atoms with Crippen LogP contribution in [-0.2, 0) is 9.53 Å². The van der Waals surface area contributed by atoms with E-state index in [4.69, 9.17) is 4.74 Å². The van der Waals surface area contributed by atoms with Crippen LogP contribution in [0.15, 0.2) is 12.7 Å². The molecule has 2 nitrogen and oxygen atoms in total. The molecule has 0 heterocycles. The first-order valence-corrected chi connectivity index (χ1v) is 17.7. The number of carbonyl (C=O) groups excluding carboxylic acids is 1. The van der Waals surface area contributed by atoms with Gasteiger partial charge >= 0.3 is 5.97 Å². The highest BCUT2D eigenvalue weighted by Gasteiger charge is 2.57. The second-order valence-corrected chi connectivity index (χ2v) is 25.3. The smallest absolute Gasteiger partial charge is 0.330 e. The maximum absolute atomic E-state index is 11.9. The zero-order chi connectivity index (χ0) is 15.7. The zero-order valence-electron chi connectivity index (χ0n) is 14.3. The Morgan fingerprint density at radius 3 is 1.58 bits per heavy atom. The van der Waals surface area contributed by atoms with Crippen LogP contribution in [0.2, 0.25) is 65.0 Å². The van der Waals surface area contributed by atoms with Crippen LogP contribution in [0.3, 0.4) is 0 Å². The van der Waals surface area contributed by atoms with Crippen molar-refractivity contribution in [1.82, 2.24) is 0 Å². The first-order chi connectivity index (χ1) is 8.16. The number of carbonyl (C=O) groups is 1. The van der Waals surface area contributed by atoms with Crippen LogP contribution in [-0.4, -0.2) is 35.0 Å². The summed E-state index contributed by atoms with van der Waals surface area (Å²) in [6.45, 7) is 24.7. The number of rotatable bonds is 6. The molecule has 0 aliphatic heterocycles. The van der Waals surface area contributed by atoms with Crippen LogP contribution in [0, 0.1) is 0 Å². The largest absolute Gasteiger partial charge is 0.464 e. The summed E-state index contributed by atoms with van der Waals surface area (Å²) in [7, 11) is -4.64. The van der Waals surface area contributed by atoms with Gasteiger partial charge in [0.05, 0.1) is 21.0 Å². The lowest BCUT2D eigenvalue weighted by Crippen LogP contribution is -2.70. The molecular weight excluding hydrogens is 284 g/mol. The maximum Gasteiger partial charge on any atom is 0.330 e. The Kier molecular flexibility index (Phi) is 5.65. The molecule has 0 unspecified atom stereocenters. The first kappa shape index (κ1) is 18.9. The molecule has 0 aromatic rings. The van der Waals surface area contributed by atoms with Gasteiger partial charge in [-0.2, -0.15) is 0 Å². The van der Waals surface area contributed by atoms with Crippen molar-refractivity contribution in [1.29, 1.82) is 0 Å². The molecule has 0 spiro atoms. The quantitative estimate of drug-likeness (QED) is 0.408. The van der Waals surface area contributed by atoms with Crippen molar-refractivity contribution in [2.45, 2.75) is 69.8 Å². The Morgan fingerprint density at radius 2 is 1.37 bits per heavy atom. The van der Waals surface area contributed by atoms with Gasteiger partial charge in [-0.05, 0) is 6.04 Å². The van der Waals surface area contributed by atoms with E-state index >= 15 is 0 Å². The summed E-state index contributed by atoms with van der Waals surface area (Å²) in [5.41, 5.74) is 0. The third kappa shape index (κ3) is 4.72. The predicted octanol–water partition coefficient (Wildman–Crippen LogP) is 4.55. The van der Waals surface area contributed by atoms with E-state index in [9.17, 15) is 4.79 Å². The van der Waals surface area contributed by atoms with Crippen molar-refractivity contribution >= 4 is 30.2 Å². The summed E-state index contributed by atoms with van der Waals surface area (Å²) in [5, 5.41) is 0. The van der Waals surface area contributed by atoms with Gasteiger partial charge in [0.2, 0.25) is 0 Å². The Hall–Kier alpha value is -0.139. The molecule has 0 bridgehead atoms. The highest BCUT2D eigenvalue weighted by Crippen LogP contribution is 2.41. The summed E-state index contributed by atoms with van der Waals surface area (Å²) in [6, 6.07) is 1.07. The van der Waals surface area contributed by atoms with Gasteiger partial charge in [-0.25, -0.2) is 4.79 Å². The Labute approximate surface area is 122 Å². The second-order valence-electron chi connectivity index (χ2n) is 8.69. The van der Waals surface area contributed by atoms with Crippen molar-refractivity contribution in [3.63, 3.8) is 0 Å². The monoisotopic (exact) mass is 316 g/mol. The van der Waals surface area contributed by atoms with Crippen LogP contribution in [0.4, 0.5) is 0 Å². The average molecular weight is 317 g/mol. The van der Waals surface area contributed by atoms with E-state index in [-0.39, 0.29) is 10.8 Å². The minimum absolute atomic E-state index is 0.199. The highest BCUT2D eigenvalue weighted by atomic mass is 28.4. The van der Waals surface area contributed by atoms with E-state index in [0.717, 1.165) is 6.04 Å². The van der Waals surface area contributed by atoms with Crippen LogP contribution in [0.5, 0.6) is 0 Å². The summed E-state index contributed by atoms with van der Waals surface area (Å²) >= 11 is 0. The van der Waals surface area contributed by atoms with E-state index < -0.39 is 24.2 Å². The molecule has 5 heteroatoms. The number of hydrogen-bond donors (Lipinski definition) is 0. The normalized spacial score (nSPS) is 14.2. The molecule has 0 fully saturated rings. The highest BCUT2D eigenvalue weighted by molar-refractivity contribution is 7.00. The number of esters is 1. The fraction of sp³-hybridized carbons (Fsp3) is 0.786. The van der Waals surface area contributed by atoms with E-state index in [1.54, 1.807) is 0 Å². The molecule has 112 valence electrons. The molecule has 0 radical (unpaired) electrons. The molecule has 0 saturated heterocycles. The molecule has 0 rings (SSSR count). The lowest BCUT2D eigenvalue weighted by Gasteiger charge is -2.53. The molecule has 0 aromatic heterocycles. The van der Waals surface area contributed by atoms with E-state index in [1.165, 1.54) is 6.08 Å². The number of hydrogen-bond acceptors (Lipinski definition) is 2. The molecule has 19 heavy (non-hydrogen) atoms. The van der Waals surface area contributed by atoms with Crippen LogP contribution >= 0.6 is 0 Å². The zero-order valence-corrected chi connectivity index (χ0v) is 17.3. The third-order valence-electron chi connectivity index (χ3n) is 3.64. The van der Waals surface area contributed by atoms with Gasteiger partial charge in [0.25, 0.3) is 0 Å². The van der Waals surface area contributed by atoms with Gasteiger partial charge in [0, 0.05) is 14.1 Å².